The minimum atomic E-state index is -0.797. The van der Waals surface area contributed by atoms with E-state index in [1.807, 2.05) is 6.26 Å². The Labute approximate surface area is 150 Å². The van der Waals surface area contributed by atoms with Gasteiger partial charge in [-0.2, -0.15) is 11.8 Å². The van der Waals surface area contributed by atoms with Crippen molar-refractivity contribution in [3.05, 3.63) is 34.9 Å². The molecule has 2 amide bonds. The molecule has 1 rings (SSSR count). The second kappa shape index (κ2) is 10.2. The van der Waals surface area contributed by atoms with Crippen molar-refractivity contribution in [2.45, 2.75) is 25.4 Å². The van der Waals surface area contributed by atoms with Crippen molar-refractivity contribution in [1.82, 2.24) is 10.6 Å². The third-order valence-corrected chi connectivity index (χ3v) is 4.16. The first-order valence-corrected chi connectivity index (χ1v) is 9.09. The number of halogens is 1. The van der Waals surface area contributed by atoms with E-state index in [0.29, 0.717) is 22.8 Å². The zero-order chi connectivity index (χ0) is 18.1. The fourth-order valence-corrected chi connectivity index (χ4v) is 2.47. The summed E-state index contributed by atoms with van der Waals surface area (Å²) < 4.78 is 4.69. The minimum absolute atomic E-state index is 0.394. The van der Waals surface area contributed by atoms with Gasteiger partial charge in [-0.15, -0.1) is 0 Å². The number of ether oxygens (including phenoxy) is 1. The molecule has 0 aliphatic carbocycles. The highest BCUT2D eigenvalue weighted by atomic mass is 35.5. The monoisotopic (exact) mass is 372 g/mol. The van der Waals surface area contributed by atoms with Crippen molar-refractivity contribution in [3.8, 4) is 0 Å². The summed E-state index contributed by atoms with van der Waals surface area (Å²) in [6.45, 7) is 1.55. The lowest BCUT2D eigenvalue weighted by molar-refractivity contribution is -0.145. The molecule has 0 aromatic heterocycles. The predicted octanol–water partition coefficient (Wildman–Crippen LogP) is 1.87. The van der Waals surface area contributed by atoms with Crippen LogP contribution in [0.3, 0.4) is 0 Å². The summed E-state index contributed by atoms with van der Waals surface area (Å²) >= 11 is 7.34. The van der Waals surface area contributed by atoms with E-state index in [2.05, 4.69) is 15.4 Å². The minimum Gasteiger partial charge on any atom is -0.467 e. The molecule has 0 aliphatic heterocycles. The van der Waals surface area contributed by atoms with E-state index in [4.69, 9.17) is 11.6 Å². The average Bonchev–Trinajstić information content (AvgIpc) is 2.57. The molecule has 0 bridgehead atoms. The van der Waals surface area contributed by atoms with Crippen molar-refractivity contribution in [2.24, 2.45) is 0 Å². The first-order chi connectivity index (χ1) is 11.4. The zero-order valence-corrected chi connectivity index (χ0v) is 15.4. The smallest absolute Gasteiger partial charge is 0.328 e. The van der Waals surface area contributed by atoms with E-state index < -0.39 is 29.9 Å². The average molecular weight is 373 g/mol. The van der Waals surface area contributed by atoms with Crippen LogP contribution in [0.5, 0.6) is 0 Å². The Kier molecular flexibility index (Phi) is 8.63. The molecule has 8 heteroatoms. The molecule has 0 heterocycles. The van der Waals surface area contributed by atoms with Gasteiger partial charge in [0.1, 0.15) is 12.1 Å². The standard InChI is InChI=1S/C16H21ClN2O4S/c1-10(18-15(21)11-4-6-12(17)7-5-11)14(20)19-13(8-9-24-3)16(22)23-2/h4-7,10,13H,8-9H2,1-3H3,(H,18,21)(H,19,20)/t10-,13+/m0/s1. The maximum absolute atomic E-state index is 12.2. The number of nitrogens with one attached hydrogen (secondary N) is 2. The number of esters is 1. The number of hydrogen-bond acceptors (Lipinski definition) is 5. The summed E-state index contributed by atoms with van der Waals surface area (Å²) in [7, 11) is 1.27. The molecule has 1 aromatic carbocycles. The van der Waals surface area contributed by atoms with Gasteiger partial charge in [0.15, 0.2) is 0 Å². The van der Waals surface area contributed by atoms with Crippen molar-refractivity contribution in [3.63, 3.8) is 0 Å². The summed E-state index contributed by atoms with van der Waals surface area (Å²) in [6, 6.07) is 4.79. The largest absolute Gasteiger partial charge is 0.467 e. The highest BCUT2D eigenvalue weighted by Crippen LogP contribution is 2.09. The van der Waals surface area contributed by atoms with Crippen LogP contribution < -0.4 is 10.6 Å². The molecule has 0 saturated heterocycles. The Morgan fingerprint density at radius 2 is 1.83 bits per heavy atom. The molecule has 0 radical (unpaired) electrons. The van der Waals surface area contributed by atoms with E-state index >= 15 is 0 Å². The van der Waals surface area contributed by atoms with E-state index in [1.54, 1.807) is 43.0 Å². The Morgan fingerprint density at radius 3 is 2.38 bits per heavy atom. The Hall–Kier alpha value is -1.73. The third kappa shape index (κ3) is 6.41. The lowest BCUT2D eigenvalue weighted by Crippen LogP contribution is -2.50. The molecular weight excluding hydrogens is 352 g/mol. The molecule has 0 fully saturated rings. The van der Waals surface area contributed by atoms with Crippen molar-refractivity contribution >= 4 is 41.1 Å². The Balaban J connectivity index is 2.63. The number of carbonyl (C=O) groups excluding carboxylic acids is 3. The molecule has 0 aliphatic rings. The van der Waals surface area contributed by atoms with Crippen molar-refractivity contribution in [2.75, 3.05) is 19.1 Å². The van der Waals surface area contributed by atoms with Gasteiger partial charge in [0.2, 0.25) is 5.91 Å². The van der Waals surface area contributed by atoms with Gasteiger partial charge in [-0.3, -0.25) is 9.59 Å². The highest BCUT2D eigenvalue weighted by molar-refractivity contribution is 7.98. The van der Waals surface area contributed by atoms with E-state index in [0.717, 1.165) is 0 Å². The topological polar surface area (TPSA) is 84.5 Å². The highest BCUT2D eigenvalue weighted by Gasteiger charge is 2.24. The zero-order valence-electron chi connectivity index (χ0n) is 13.8. The van der Waals surface area contributed by atoms with Gasteiger partial charge in [0.25, 0.3) is 5.91 Å². The predicted molar refractivity (Wildman–Crippen MR) is 95.3 cm³/mol. The van der Waals surface area contributed by atoms with Crippen LogP contribution in [0.1, 0.15) is 23.7 Å². The van der Waals surface area contributed by atoms with Crippen LogP contribution >= 0.6 is 23.4 Å². The Bertz CT molecular complexity index is 580. The van der Waals surface area contributed by atoms with Gasteiger partial charge in [0.05, 0.1) is 7.11 Å². The van der Waals surface area contributed by atoms with Gasteiger partial charge in [-0.05, 0) is 49.6 Å². The van der Waals surface area contributed by atoms with Gasteiger partial charge in [0, 0.05) is 10.6 Å². The van der Waals surface area contributed by atoms with Crippen LogP contribution in [-0.2, 0) is 14.3 Å². The normalized spacial score (nSPS) is 12.8. The fraction of sp³-hybridized carbons (Fsp3) is 0.438. The molecule has 6 nitrogen and oxygen atoms in total. The number of carbonyl (C=O) groups is 3. The van der Waals surface area contributed by atoms with Gasteiger partial charge in [-0.25, -0.2) is 4.79 Å². The lowest BCUT2D eigenvalue weighted by atomic mass is 10.1. The van der Waals surface area contributed by atoms with Crippen LogP contribution in [0.2, 0.25) is 5.02 Å². The number of amides is 2. The summed E-state index contributed by atoms with van der Waals surface area (Å²) in [5, 5.41) is 5.71. The van der Waals surface area contributed by atoms with Crippen molar-refractivity contribution < 1.29 is 19.1 Å². The van der Waals surface area contributed by atoms with Crippen LogP contribution in [-0.4, -0.2) is 49.0 Å². The molecule has 0 saturated carbocycles. The summed E-state index contributed by atoms with van der Waals surface area (Å²) in [5.74, 6) is -0.651. The van der Waals surface area contributed by atoms with Gasteiger partial charge >= 0.3 is 5.97 Å². The SMILES string of the molecule is COC(=O)[C@@H](CCSC)NC(=O)[C@H](C)NC(=O)c1ccc(Cl)cc1. The number of rotatable bonds is 8. The summed E-state index contributed by atoms with van der Waals surface area (Å²) in [5.41, 5.74) is 0.394. The van der Waals surface area contributed by atoms with E-state index in [-0.39, 0.29) is 0 Å². The maximum atomic E-state index is 12.2. The number of methoxy groups -OCH3 is 1. The summed E-state index contributed by atoms with van der Waals surface area (Å²) in [4.78, 5) is 36.0. The van der Waals surface area contributed by atoms with Crippen LogP contribution in [0.4, 0.5) is 0 Å². The van der Waals surface area contributed by atoms with Crippen LogP contribution in [0.25, 0.3) is 0 Å². The second-order valence-electron chi connectivity index (χ2n) is 5.07. The van der Waals surface area contributed by atoms with Crippen LogP contribution in [0, 0.1) is 0 Å². The molecule has 24 heavy (non-hydrogen) atoms. The quantitative estimate of drug-likeness (QED) is 0.680. The van der Waals surface area contributed by atoms with Crippen molar-refractivity contribution in [1.29, 1.82) is 0 Å². The second-order valence-corrected chi connectivity index (χ2v) is 6.49. The van der Waals surface area contributed by atoms with E-state index in [1.165, 1.54) is 7.11 Å². The molecule has 0 spiro atoms. The lowest BCUT2D eigenvalue weighted by Gasteiger charge is -2.19. The molecule has 132 valence electrons. The number of hydrogen-bond donors (Lipinski definition) is 2. The Morgan fingerprint density at radius 1 is 1.21 bits per heavy atom. The third-order valence-electron chi connectivity index (χ3n) is 3.26. The van der Waals surface area contributed by atoms with Crippen LogP contribution in [0.15, 0.2) is 24.3 Å². The molecule has 2 atom stereocenters. The maximum Gasteiger partial charge on any atom is 0.328 e. The first-order valence-electron chi connectivity index (χ1n) is 7.32. The summed E-state index contributed by atoms with van der Waals surface area (Å²) in [6.07, 6.45) is 2.36. The molecule has 0 unspecified atom stereocenters. The number of benzene rings is 1. The molecule has 2 N–H and O–H groups in total. The molecule has 1 aromatic rings. The van der Waals surface area contributed by atoms with Gasteiger partial charge < -0.3 is 15.4 Å². The van der Waals surface area contributed by atoms with Gasteiger partial charge in [-0.1, -0.05) is 11.6 Å². The fourth-order valence-electron chi connectivity index (χ4n) is 1.87. The van der Waals surface area contributed by atoms with E-state index in [9.17, 15) is 14.4 Å². The first kappa shape index (κ1) is 20.3. The number of thioether (sulfide) groups is 1. The molecular formula is C16H21ClN2O4S.